The minimum Gasteiger partial charge on any atom is -0.398 e. The van der Waals surface area contributed by atoms with Crippen LogP contribution in [0.5, 0.6) is 0 Å². The second kappa shape index (κ2) is 5.25. The lowest BCUT2D eigenvalue weighted by Crippen LogP contribution is -2.20. The topological polar surface area (TPSA) is 138 Å². The number of nitrogens with zero attached hydrogens (tertiary/aromatic N) is 4. The average molecular weight is 302 g/mol. The maximum atomic E-state index is 11.7. The third kappa shape index (κ3) is 2.43. The van der Waals surface area contributed by atoms with E-state index in [4.69, 9.17) is 16.3 Å². The molecule has 8 nitrogen and oxygen atoms in total. The van der Waals surface area contributed by atoms with E-state index in [1.807, 2.05) is 6.07 Å². The number of rotatable bonds is 3. The van der Waals surface area contributed by atoms with Gasteiger partial charge in [-0.25, -0.2) is 18.1 Å². The summed E-state index contributed by atoms with van der Waals surface area (Å²) in [4.78, 5) is 3.74. The van der Waals surface area contributed by atoms with Gasteiger partial charge in [-0.3, -0.25) is 4.57 Å². The summed E-state index contributed by atoms with van der Waals surface area (Å²) in [5.41, 5.74) is 6.26. The second-order valence-electron chi connectivity index (χ2n) is 3.97. The molecule has 1 aromatic carbocycles. The van der Waals surface area contributed by atoms with Crippen LogP contribution in [0.3, 0.4) is 0 Å². The van der Waals surface area contributed by atoms with Gasteiger partial charge in [0.05, 0.1) is 5.69 Å². The summed E-state index contributed by atoms with van der Waals surface area (Å²) >= 11 is 0. The maximum Gasteiger partial charge on any atom is 0.242 e. The predicted octanol–water partition coefficient (Wildman–Crippen LogP) is 0.106. The lowest BCUT2D eigenvalue weighted by Gasteiger charge is -2.09. The lowest BCUT2D eigenvalue weighted by molar-refractivity contribution is 0.588. The van der Waals surface area contributed by atoms with Crippen molar-refractivity contribution in [2.24, 2.45) is 0 Å². The number of aromatic nitrogens is 2. The van der Waals surface area contributed by atoms with Crippen LogP contribution in [-0.4, -0.2) is 25.0 Å². The van der Waals surface area contributed by atoms with Crippen LogP contribution < -0.4 is 10.5 Å². The van der Waals surface area contributed by atoms with Crippen LogP contribution in [0.1, 0.15) is 11.4 Å². The summed E-state index contributed by atoms with van der Waals surface area (Å²) in [5, 5.41) is 17.9. The molecule has 0 aliphatic carbocycles. The molecular formula is C12H10N6O2S. The van der Waals surface area contributed by atoms with E-state index in [1.165, 1.54) is 36.1 Å². The molecule has 0 saturated carbocycles. The number of nitriles is 2. The van der Waals surface area contributed by atoms with Crippen molar-refractivity contribution in [2.45, 2.75) is 4.90 Å². The SMILES string of the molecule is CNS(=O)(=O)c1ccc(-n2cnc(C#N)c2C#N)cc1N. The molecule has 0 radical (unpaired) electrons. The van der Waals surface area contributed by atoms with Gasteiger partial charge in [0.25, 0.3) is 0 Å². The molecule has 2 rings (SSSR count). The highest BCUT2D eigenvalue weighted by Crippen LogP contribution is 2.23. The fraction of sp³-hybridized carbons (Fsp3) is 0.0833. The van der Waals surface area contributed by atoms with E-state index in [0.717, 1.165) is 0 Å². The second-order valence-corrected chi connectivity index (χ2v) is 5.82. The highest BCUT2D eigenvalue weighted by Gasteiger charge is 2.17. The van der Waals surface area contributed by atoms with Gasteiger partial charge < -0.3 is 5.73 Å². The zero-order chi connectivity index (χ0) is 15.6. The van der Waals surface area contributed by atoms with Crippen molar-refractivity contribution in [3.8, 4) is 17.8 Å². The third-order valence-electron chi connectivity index (χ3n) is 2.81. The lowest BCUT2D eigenvalue weighted by atomic mass is 10.2. The zero-order valence-corrected chi connectivity index (χ0v) is 11.7. The molecule has 9 heteroatoms. The quantitative estimate of drug-likeness (QED) is 0.771. The molecule has 0 unspecified atom stereocenters. The van der Waals surface area contributed by atoms with Crippen molar-refractivity contribution in [3.63, 3.8) is 0 Å². The van der Waals surface area contributed by atoms with E-state index in [0.29, 0.717) is 5.69 Å². The van der Waals surface area contributed by atoms with Crippen molar-refractivity contribution < 1.29 is 8.42 Å². The van der Waals surface area contributed by atoms with Crippen molar-refractivity contribution in [1.29, 1.82) is 10.5 Å². The molecule has 1 aromatic heterocycles. The Morgan fingerprint density at radius 1 is 1.33 bits per heavy atom. The molecule has 0 saturated heterocycles. The minimum absolute atomic E-state index is 0.0111. The van der Waals surface area contributed by atoms with E-state index in [1.54, 1.807) is 6.07 Å². The Bertz CT molecular complexity index is 885. The number of sulfonamides is 1. The largest absolute Gasteiger partial charge is 0.398 e. The van der Waals surface area contributed by atoms with Gasteiger partial charge in [-0.15, -0.1) is 0 Å². The smallest absolute Gasteiger partial charge is 0.242 e. The van der Waals surface area contributed by atoms with Gasteiger partial charge in [0, 0.05) is 5.69 Å². The van der Waals surface area contributed by atoms with Crippen LogP contribution in [0.15, 0.2) is 29.4 Å². The molecule has 1 heterocycles. The summed E-state index contributed by atoms with van der Waals surface area (Å²) in [6.07, 6.45) is 1.30. The molecule has 0 spiro atoms. The first-order valence-electron chi connectivity index (χ1n) is 5.65. The molecule has 0 amide bonds. The number of hydrogen-bond donors (Lipinski definition) is 2. The normalized spacial score (nSPS) is 10.8. The summed E-state index contributed by atoms with van der Waals surface area (Å²) in [6.45, 7) is 0. The van der Waals surface area contributed by atoms with E-state index >= 15 is 0 Å². The molecule has 0 aliphatic heterocycles. The number of anilines is 1. The Kier molecular flexibility index (Phi) is 3.63. The Morgan fingerprint density at radius 2 is 2.05 bits per heavy atom. The van der Waals surface area contributed by atoms with E-state index in [-0.39, 0.29) is 22.0 Å². The molecule has 0 fully saturated rings. The van der Waals surface area contributed by atoms with Gasteiger partial charge in [0.15, 0.2) is 11.4 Å². The first-order chi connectivity index (χ1) is 9.94. The van der Waals surface area contributed by atoms with E-state index < -0.39 is 10.0 Å². The highest BCUT2D eigenvalue weighted by molar-refractivity contribution is 7.89. The molecule has 0 aliphatic rings. The van der Waals surface area contributed by atoms with Crippen molar-refractivity contribution >= 4 is 15.7 Å². The summed E-state index contributed by atoms with van der Waals surface area (Å²) in [6, 6.07) is 7.88. The van der Waals surface area contributed by atoms with Crippen LogP contribution in [0.2, 0.25) is 0 Å². The fourth-order valence-corrected chi connectivity index (χ4v) is 2.61. The van der Waals surface area contributed by atoms with Gasteiger partial charge >= 0.3 is 0 Å². The molecular weight excluding hydrogens is 292 g/mol. The fourth-order valence-electron chi connectivity index (χ4n) is 1.77. The average Bonchev–Trinajstić information content (AvgIpc) is 2.89. The molecule has 21 heavy (non-hydrogen) atoms. The van der Waals surface area contributed by atoms with Gasteiger partial charge in [-0.05, 0) is 25.2 Å². The first-order valence-corrected chi connectivity index (χ1v) is 7.14. The van der Waals surface area contributed by atoms with Crippen LogP contribution in [0, 0.1) is 22.7 Å². The van der Waals surface area contributed by atoms with Crippen LogP contribution in [0.4, 0.5) is 5.69 Å². The zero-order valence-electron chi connectivity index (χ0n) is 10.9. The van der Waals surface area contributed by atoms with Crippen LogP contribution >= 0.6 is 0 Å². The number of hydrogen-bond acceptors (Lipinski definition) is 6. The van der Waals surface area contributed by atoms with Crippen molar-refractivity contribution in [1.82, 2.24) is 14.3 Å². The van der Waals surface area contributed by atoms with Gasteiger partial charge in [-0.2, -0.15) is 10.5 Å². The number of nitrogens with two attached hydrogens (primary N) is 1. The minimum atomic E-state index is -3.66. The van der Waals surface area contributed by atoms with Crippen LogP contribution in [-0.2, 0) is 10.0 Å². The molecule has 2 aromatic rings. The number of nitrogen functional groups attached to an aromatic ring is 1. The highest BCUT2D eigenvalue weighted by atomic mass is 32.2. The Labute approximate surface area is 121 Å². The van der Waals surface area contributed by atoms with E-state index in [2.05, 4.69) is 9.71 Å². The van der Waals surface area contributed by atoms with Gasteiger partial charge in [-0.1, -0.05) is 0 Å². The predicted molar refractivity (Wildman–Crippen MR) is 73.7 cm³/mol. The Balaban J connectivity index is 2.60. The Hall–Kier alpha value is -2.88. The standard InChI is InChI=1S/C12H10N6O2S/c1-16-21(19,20)12-3-2-8(4-9(12)15)18-7-17-10(5-13)11(18)6-14/h2-4,7,16H,15H2,1H3. The number of benzene rings is 1. The van der Waals surface area contributed by atoms with E-state index in [9.17, 15) is 8.42 Å². The molecule has 3 N–H and O–H groups in total. The molecule has 106 valence electrons. The van der Waals surface area contributed by atoms with Crippen LogP contribution in [0.25, 0.3) is 5.69 Å². The molecule has 0 bridgehead atoms. The summed E-state index contributed by atoms with van der Waals surface area (Å²) < 4.78 is 27.0. The third-order valence-corrected chi connectivity index (χ3v) is 4.30. The molecule has 0 atom stereocenters. The van der Waals surface area contributed by atoms with Crippen molar-refractivity contribution in [3.05, 3.63) is 35.9 Å². The monoisotopic (exact) mass is 302 g/mol. The first kappa shape index (κ1) is 14.5. The summed E-state index contributed by atoms with van der Waals surface area (Å²) in [5.74, 6) is 0. The van der Waals surface area contributed by atoms with Gasteiger partial charge in [0.2, 0.25) is 10.0 Å². The maximum absolute atomic E-state index is 11.7. The Morgan fingerprint density at radius 3 is 2.57 bits per heavy atom. The number of nitrogens with one attached hydrogen (secondary N) is 1. The van der Waals surface area contributed by atoms with Gasteiger partial charge in [0.1, 0.15) is 23.4 Å². The van der Waals surface area contributed by atoms with Crippen molar-refractivity contribution in [2.75, 3.05) is 12.8 Å². The number of imidazole rings is 1. The summed E-state index contributed by atoms with van der Waals surface area (Å²) in [7, 11) is -2.38.